The number of hydrogen-bond donors (Lipinski definition) is 1. The molecule has 0 saturated heterocycles. The SMILES string of the molecule is Cc1ccc(CCC(=O)NCCc2cc(C)on2)cc1. The molecule has 0 atom stereocenters. The third kappa shape index (κ3) is 4.53. The second-order valence-electron chi connectivity index (χ2n) is 5.01. The Labute approximate surface area is 119 Å². The van der Waals surface area contributed by atoms with Crippen LogP contribution in [0, 0.1) is 13.8 Å². The zero-order valence-electron chi connectivity index (χ0n) is 12.0. The molecule has 0 fully saturated rings. The molecule has 0 unspecified atom stereocenters. The van der Waals surface area contributed by atoms with Crippen LogP contribution in [0.1, 0.15) is 29.0 Å². The van der Waals surface area contributed by atoms with E-state index < -0.39 is 0 Å². The number of benzene rings is 1. The Balaban J connectivity index is 1.66. The molecule has 106 valence electrons. The van der Waals surface area contributed by atoms with Crippen LogP contribution in [0.4, 0.5) is 0 Å². The minimum atomic E-state index is 0.0748. The lowest BCUT2D eigenvalue weighted by molar-refractivity contribution is -0.121. The van der Waals surface area contributed by atoms with Gasteiger partial charge in [-0.25, -0.2) is 0 Å². The van der Waals surface area contributed by atoms with Crippen LogP contribution < -0.4 is 5.32 Å². The van der Waals surface area contributed by atoms with E-state index in [0.717, 1.165) is 17.9 Å². The summed E-state index contributed by atoms with van der Waals surface area (Å²) in [5.41, 5.74) is 3.31. The van der Waals surface area contributed by atoms with Gasteiger partial charge in [-0.3, -0.25) is 4.79 Å². The van der Waals surface area contributed by atoms with E-state index in [1.165, 1.54) is 11.1 Å². The van der Waals surface area contributed by atoms with Gasteiger partial charge >= 0.3 is 0 Å². The maximum Gasteiger partial charge on any atom is 0.220 e. The van der Waals surface area contributed by atoms with Gasteiger partial charge in [-0.15, -0.1) is 0 Å². The highest BCUT2D eigenvalue weighted by molar-refractivity contribution is 5.76. The fourth-order valence-corrected chi connectivity index (χ4v) is 1.97. The van der Waals surface area contributed by atoms with Crippen molar-refractivity contribution in [2.45, 2.75) is 33.1 Å². The van der Waals surface area contributed by atoms with Crippen molar-refractivity contribution in [1.82, 2.24) is 10.5 Å². The number of carbonyl (C=O) groups excluding carboxylic acids is 1. The lowest BCUT2D eigenvalue weighted by Gasteiger charge is -2.04. The quantitative estimate of drug-likeness (QED) is 0.879. The molecule has 0 aliphatic rings. The average molecular weight is 272 g/mol. The molecule has 0 saturated carbocycles. The molecule has 0 aliphatic heterocycles. The summed E-state index contributed by atoms with van der Waals surface area (Å²) in [7, 11) is 0. The van der Waals surface area contributed by atoms with Crippen molar-refractivity contribution in [2.24, 2.45) is 0 Å². The first kappa shape index (κ1) is 14.3. The Hall–Kier alpha value is -2.10. The molecule has 0 aliphatic carbocycles. The van der Waals surface area contributed by atoms with E-state index in [4.69, 9.17) is 4.52 Å². The second-order valence-corrected chi connectivity index (χ2v) is 5.01. The number of rotatable bonds is 6. The fraction of sp³-hybridized carbons (Fsp3) is 0.375. The van der Waals surface area contributed by atoms with Crippen LogP contribution in [0.5, 0.6) is 0 Å². The van der Waals surface area contributed by atoms with Crippen molar-refractivity contribution in [2.75, 3.05) is 6.54 Å². The molecule has 1 amide bonds. The Morgan fingerprint density at radius 1 is 1.20 bits per heavy atom. The highest BCUT2D eigenvalue weighted by Crippen LogP contribution is 2.06. The monoisotopic (exact) mass is 272 g/mol. The van der Waals surface area contributed by atoms with Gasteiger partial charge in [-0.1, -0.05) is 35.0 Å². The Morgan fingerprint density at radius 2 is 1.95 bits per heavy atom. The van der Waals surface area contributed by atoms with Gasteiger partial charge in [0.25, 0.3) is 0 Å². The van der Waals surface area contributed by atoms with Crippen LogP contribution in [0.15, 0.2) is 34.9 Å². The lowest BCUT2D eigenvalue weighted by atomic mass is 10.1. The Morgan fingerprint density at radius 3 is 2.60 bits per heavy atom. The summed E-state index contributed by atoms with van der Waals surface area (Å²) >= 11 is 0. The first-order valence-corrected chi connectivity index (χ1v) is 6.88. The van der Waals surface area contributed by atoms with Crippen LogP contribution in [-0.2, 0) is 17.6 Å². The highest BCUT2D eigenvalue weighted by atomic mass is 16.5. The van der Waals surface area contributed by atoms with E-state index in [9.17, 15) is 4.79 Å². The van der Waals surface area contributed by atoms with Crippen molar-refractivity contribution in [3.63, 3.8) is 0 Å². The molecule has 20 heavy (non-hydrogen) atoms. The minimum Gasteiger partial charge on any atom is -0.361 e. The Bertz CT molecular complexity index is 558. The van der Waals surface area contributed by atoms with Crippen molar-refractivity contribution < 1.29 is 9.32 Å². The number of aryl methyl sites for hydroxylation is 3. The molecule has 0 bridgehead atoms. The second kappa shape index (κ2) is 6.89. The summed E-state index contributed by atoms with van der Waals surface area (Å²) in [6.07, 6.45) is 1.99. The topological polar surface area (TPSA) is 55.1 Å². The average Bonchev–Trinajstić information content (AvgIpc) is 2.84. The number of carbonyl (C=O) groups is 1. The molecule has 2 aromatic rings. The van der Waals surface area contributed by atoms with Crippen LogP contribution >= 0.6 is 0 Å². The van der Waals surface area contributed by atoms with Crippen molar-refractivity contribution in [1.29, 1.82) is 0 Å². The molecular weight excluding hydrogens is 252 g/mol. The first-order chi connectivity index (χ1) is 9.63. The van der Waals surface area contributed by atoms with E-state index in [2.05, 4.69) is 41.7 Å². The molecule has 2 rings (SSSR count). The van der Waals surface area contributed by atoms with Gasteiger partial charge in [-0.2, -0.15) is 0 Å². The van der Waals surface area contributed by atoms with Gasteiger partial charge < -0.3 is 9.84 Å². The predicted octanol–water partition coefficient (Wildman–Crippen LogP) is 2.58. The van der Waals surface area contributed by atoms with Crippen molar-refractivity contribution in [3.05, 3.63) is 52.9 Å². The Kier molecular flexibility index (Phi) is 4.93. The highest BCUT2D eigenvalue weighted by Gasteiger charge is 2.04. The number of amides is 1. The molecule has 0 spiro atoms. The van der Waals surface area contributed by atoms with Crippen molar-refractivity contribution >= 4 is 5.91 Å². The minimum absolute atomic E-state index is 0.0748. The molecule has 0 radical (unpaired) electrons. The van der Waals surface area contributed by atoms with Gasteiger partial charge in [-0.05, 0) is 25.8 Å². The van der Waals surface area contributed by atoms with Gasteiger partial charge in [0.1, 0.15) is 5.76 Å². The van der Waals surface area contributed by atoms with Gasteiger partial charge in [0.15, 0.2) is 0 Å². The van der Waals surface area contributed by atoms with Crippen molar-refractivity contribution in [3.8, 4) is 0 Å². The fourth-order valence-electron chi connectivity index (χ4n) is 1.97. The zero-order valence-corrected chi connectivity index (χ0v) is 12.0. The van der Waals surface area contributed by atoms with Crippen LogP contribution in [0.3, 0.4) is 0 Å². The largest absolute Gasteiger partial charge is 0.361 e. The summed E-state index contributed by atoms with van der Waals surface area (Å²) < 4.78 is 4.97. The zero-order chi connectivity index (χ0) is 14.4. The molecule has 1 heterocycles. The van der Waals surface area contributed by atoms with Gasteiger partial charge in [0, 0.05) is 25.5 Å². The van der Waals surface area contributed by atoms with Crippen LogP contribution in [0.2, 0.25) is 0 Å². The summed E-state index contributed by atoms with van der Waals surface area (Å²) in [4.78, 5) is 11.7. The number of aromatic nitrogens is 1. The van der Waals surface area contributed by atoms with Crippen LogP contribution in [0.25, 0.3) is 0 Å². The maximum absolute atomic E-state index is 11.7. The molecule has 1 aromatic heterocycles. The smallest absolute Gasteiger partial charge is 0.220 e. The first-order valence-electron chi connectivity index (χ1n) is 6.88. The molecular formula is C16H20N2O2. The lowest BCUT2D eigenvalue weighted by Crippen LogP contribution is -2.25. The number of hydrogen-bond acceptors (Lipinski definition) is 3. The normalized spacial score (nSPS) is 10.5. The molecule has 4 nitrogen and oxygen atoms in total. The predicted molar refractivity (Wildman–Crippen MR) is 77.5 cm³/mol. The number of nitrogens with one attached hydrogen (secondary N) is 1. The molecule has 1 aromatic carbocycles. The summed E-state index contributed by atoms with van der Waals surface area (Å²) in [6, 6.07) is 10.2. The standard InChI is InChI=1S/C16H20N2O2/c1-12-3-5-14(6-4-12)7-8-16(19)17-10-9-15-11-13(2)20-18-15/h3-6,11H,7-10H2,1-2H3,(H,17,19). The van der Waals surface area contributed by atoms with E-state index >= 15 is 0 Å². The van der Waals surface area contributed by atoms with Gasteiger partial charge in [0.2, 0.25) is 5.91 Å². The maximum atomic E-state index is 11.7. The molecule has 1 N–H and O–H groups in total. The van der Waals surface area contributed by atoms with E-state index in [1.54, 1.807) is 0 Å². The summed E-state index contributed by atoms with van der Waals surface area (Å²) in [5, 5.41) is 6.79. The van der Waals surface area contributed by atoms with E-state index in [-0.39, 0.29) is 5.91 Å². The summed E-state index contributed by atoms with van der Waals surface area (Å²) in [6.45, 7) is 4.51. The van der Waals surface area contributed by atoms with Gasteiger partial charge in [0.05, 0.1) is 5.69 Å². The third-order valence-electron chi connectivity index (χ3n) is 3.14. The van der Waals surface area contributed by atoms with E-state index in [1.807, 2.05) is 13.0 Å². The summed E-state index contributed by atoms with van der Waals surface area (Å²) in [5.74, 6) is 0.872. The molecule has 4 heteroatoms. The van der Waals surface area contributed by atoms with Crippen LogP contribution in [-0.4, -0.2) is 17.6 Å². The number of nitrogens with zero attached hydrogens (tertiary/aromatic N) is 1. The third-order valence-corrected chi connectivity index (χ3v) is 3.14. The van der Waals surface area contributed by atoms with E-state index in [0.29, 0.717) is 19.4 Å².